The molecule has 0 saturated carbocycles. The van der Waals surface area contributed by atoms with E-state index in [9.17, 15) is 23.3 Å². The molecule has 0 aliphatic rings. The van der Waals surface area contributed by atoms with Crippen LogP contribution in [0.4, 0.5) is 0 Å². The smallest absolute Gasteiger partial charge is 0.264 e. The van der Waals surface area contributed by atoms with E-state index in [0.717, 1.165) is 17.4 Å². The maximum atomic E-state index is 12.6. The molecule has 1 aromatic carbocycles. The summed E-state index contributed by atoms with van der Waals surface area (Å²) in [5.41, 5.74) is 3.47. The van der Waals surface area contributed by atoms with Crippen LogP contribution < -0.4 is 15.8 Å². The minimum absolute atomic E-state index is 0.0480. The number of benzene rings is 1. The topological polar surface area (TPSA) is 151 Å². The first-order valence-electron chi connectivity index (χ1n) is 10.5. The van der Waals surface area contributed by atoms with Gasteiger partial charge in [-0.15, -0.1) is 0 Å². The average molecular weight is 497 g/mol. The second-order valence-electron chi connectivity index (χ2n) is 8.19. The summed E-state index contributed by atoms with van der Waals surface area (Å²) in [6, 6.07) is 13.8. The van der Waals surface area contributed by atoms with Gasteiger partial charge in [-0.25, -0.2) is 18.9 Å². The Balaban J connectivity index is 1.78. The number of hydroxylamine groups is 1. The molecule has 3 rings (SSSR count). The molecule has 2 N–H and O–H groups in total. The normalized spacial score (nSPS) is 12.9. The third-order valence-electron chi connectivity index (χ3n) is 5.86. The van der Waals surface area contributed by atoms with Gasteiger partial charge in [-0.2, -0.15) is 5.26 Å². The van der Waals surface area contributed by atoms with Crippen molar-refractivity contribution in [2.45, 2.75) is 31.6 Å². The number of hydrogen-bond acceptors (Lipinski definition) is 8. The molecule has 182 valence electrons. The molecule has 0 saturated heterocycles. The fourth-order valence-electron chi connectivity index (χ4n) is 3.37. The number of nitriles is 1. The van der Waals surface area contributed by atoms with Gasteiger partial charge < -0.3 is 9.30 Å². The molecule has 3 aromatic rings. The van der Waals surface area contributed by atoms with E-state index in [2.05, 4.69) is 11.1 Å². The lowest BCUT2D eigenvalue weighted by atomic mass is 10.1. The van der Waals surface area contributed by atoms with Gasteiger partial charge in [-0.05, 0) is 61.2 Å². The molecule has 35 heavy (non-hydrogen) atoms. The van der Waals surface area contributed by atoms with E-state index in [0.29, 0.717) is 16.9 Å². The van der Waals surface area contributed by atoms with Gasteiger partial charge in [0.25, 0.3) is 11.5 Å². The van der Waals surface area contributed by atoms with Crippen molar-refractivity contribution in [3.05, 3.63) is 76.3 Å². The maximum Gasteiger partial charge on any atom is 0.264 e. The summed E-state index contributed by atoms with van der Waals surface area (Å²) < 4.78 is 29.3. The highest BCUT2D eigenvalue weighted by Gasteiger charge is 2.43. The number of carbonyl (C=O) groups is 1. The Morgan fingerprint density at radius 2 is 1.91 bits per heavy atom. The molecule has 0 fully saturated rings. The van der Waals surface area contributed by atoms with Crippen LogP contribution in [0.15, 0.2) is 59.7 Å². The standard InChI is InChI=1S/C24H24N4O6S/c1-16-8-11-26-22(20(16)15-25)34-19-6-4-17(5-7-19)18-9-12-28(21(29)14-18)13-10-24(2,23(30)27-31)35(3,32)33/h4-9,11-12,14,31H,10,13H2,1-3H3,(H,27,30)/t24-/m1/s1. The van der Waals surface area contributed by atoms with Gasteiger partial charge in [-0.3, -0.25) is 14.8 Å². The van der Waals surface area contributed by atoms with Crippen LogP contribution in [-0.4, -0.2) is 40.1 Å². The van der Waals surface area contributed by atoms with Crippen molar-refractivity contribution in [3.8, 4) is 28.8 Å². The highest BCUT2D eigenvalue weighted by atomic mass is 32.2. The number of aromatic nitrogens is 2. The van der Waals surface area contributed by atoms with Gasteiger partial charge in [0.2, 0.25) is 5.88 Å². The second-order valence-corrected chi connectivity index (χ2v) is 10.6. The quantitative estimate of drug-likeness (QED) is 0.357. The molecular formula is C24H24N4O6S. The number of aryl methyl sites for hydroxylation is 2. The zero-order chi connectivity index (χ0) is 25.8. The fourth-order valence-corrected chi connectivity index (χ4v) is 4.21. The number of carbonyl (C=O) groups excluding carboxylic acids is 1. The zero-order valence-corrected chi connectivity index (χ0v) is 20.2. The van der Waals surface area contributed by atoms with Crippen LogP contribution in [0, 0.1) is 18.3 Å². The number of hydrogen-bond donors (Lipinski definition) is 2. The number of pyridine rings is 2. The number of rotatable bonds is 8. The first kappa shape index (κ1) is 25.6. The highest BCUT2D eigenvalue weighted by Crippen LogP contribution is 2.27. The summed E-state index contributed by atoms with van der Waals surface area (Å²) in [5, 5.41) is 18.2. The van der Waals surface area contributed by atoms with Gasteiger partial charge in [0.15, 0.2) is 14.6 Å². The Kier molecular flexibility index (Phi) is 7.38. The van der Waals surface area contributed by atoms with Gasteiger partial charge in [0.1, 0.15) is 17.4 Å². The molecule has 0 radical (unpaired) electrons. The number of sulfone groups is 1. The predicted octanol–water partition coefficient (Wildman–Crippen LogP) is 2.58. The summed E-state index contributed by atoms with van der Waals surface area (Å²) in [4.78, 5) is 28.7. The summed E-state index contributed by atoms with van der Waals surface area (Å²) in [5.74, 6) is -0.382. The molecule has 0 spiro atoms. The minimum atomic E-state index is -3.87. The van der Waals surface area contributed by atoms with Gasteiger partial charge >= 0.3 is 0 Å². The summed E-state index contributed by atoms with van der Waals surface area (Å²) in [6.07, 6.45) is 3.76. The SMILES string of the molecule is Cc1ccnc(Oc2ccc(-c3ccn(CC[C@](C)(C(=O)NO)S(C)(=O)=O)c(=O)c3)cc2)c1C#N. The molecule has 0 aliphatic carbocycles. The Labute approximate surface area is 202 Å². The first-order chi connectivity index (χ1) is 16.5. The Morgan fingerprint density at radius 1 is 1.23 bits per heavy atom. The van der Waals surface area contributed by atoms with E-state index >= 15 is 0 Å². The largest absolute Gasteiger partial charge is 0.438 e. The predicted molar refractivity (Wildman–Crippen MR) is 128 cm³/mol. The van der Waals surface area contributed by atoms with E-state index in [-0.39, 0.29) is 24.4 Å². The summed E-state index contributed by atoms with van der Waals surface area (Å²) >= 11 is 0. The van der Waals surface area contributed by atoms with E-state index in [1.54, 1.807) is 49.5 Å². The molecule has 1 atom stereocenters. The minimum Gasteiger partial charge on any atom is -0.438 e. The van der Waals surface area contributed by atoms with Crippen LogP contribution in [-0.2, 0) is 21.2 Å². The third kappa shape index (κ3) is 5.40. The van der Waals surface area contributed by atoms with Crippen molar-refractivity contribution < 1.29 is 23.2 Å². The third-order valence-corrected chi connectivity index (χ3v) is 7.89. The molecule has 1 amide bonds. The Morgan fingerprint density at radius 3 is 2.49 bits per heavy atom. The van der Waals surface area contributed by atoms with Crippen molar-refractivity contribution in [1.82, 2.24) is 15.0 Å². The Bertz CT molecular complexity index is 1460. The number of amides is 1. The maximum absolute atomic E-state index is 12.6. The van der Waals surface area contributed by atoms with Crippen molar-refractivity contribution in [2.75, 3.05) is 6.26 Å². The lowest BCUT2D eigenvalue weighted by Crippen LogP contribution is -2.49. The Hall–Kier alpha value is -4.01. The van der Waals surface area contributed by atoms with Gasteiger partial charge in [-0.1, -0.05) is 12.1 Å². The van der Waals surface area contributed by atoms with Crippen molar-refractivity contribution in [1.29, 1.82) is 5.26 Å². The summed E-state index contributed by atoms with van der Waals surface area (Å²) in [7, 11) is -3.87. The van der Waals surface area contributed by atoms with Crippen LogP contribution in [0.5, 0.6) is 11.6 Å². The van der Waals surface area contributed by atoms with Crippen LogP contribution >= 0.6 is 0 Å². The molecule has 0 bridgehead atoms. The zero-order valence-electron chi connectivity index (χ0n) is 19.3. The molecule has 2 heterocycles. The summed E-state index contributed by atoms with van der Waals surface area (Å²) in [6.45, 7) is 2.94. The molecule has 0 aliphatic heterocycles. The molecular weight excluding hydrogens is 472 g/mol. The molecule has 11 heteroatoms. The van der Waals surface area contributed by atoms with Gasteiger partial charge in [0, 0.05) is 31.3 Å². The highest BCUT2D eigenvalue weighted by molar-refractivity contribution is 7.92. The van der Waals surface area contributed by atoms with Crippen LogP contribution in [0.1, 0.15) is 24.5 Å². The van der Waals surface area contributed by atoms with Crippen molar-refractivity contribution in [2.24, 2.45) is 0 Å². The van der Waals surface area contributed by atoms with Crippen molar-refractivity contribution >= 4 is 15.7 Å². The molecule has 10 nitrogen and oxygen atoms in total. The van der Waals surface area contributed by atoms with Crippen LogP contribution in [0.25, 0.3) is 11.1 Å². The van der Waals surface area contributed by atoms with Crippen LogP contribution in [0.3, 0.4) is 0 Å². The first-order valence-corrected chi connectivity index (χ1v) is 12.4. The number of nitrogens with zero attached hydrogens (tertiary/aromatic N) is 3. The second kappa shape index (κ2) is 10.1. The average Bonchev–Trinajstić information content (AvgIpc) is 2.82. The van der Waals surface area contributed by atoms with E-state index in [1.807, 2.05) is 0 Å². The van der Waals surface area contributed by atoms with E-state index < -0.39 is 20.5 Å². The lowest BCUT2D eigenvalue weighted by molar-refractivity contribution is -0.131. The lowest BCUT2D eigenvalue weighted by Gasteiger charge is -2.25. The van der Waals surface area contributed by atoms with E-state index in [4.69, 9.17) is 9.94 Å². The van der Waals surface area contributed by atoms with Gasteiger partial charge in [0.05, 0.1) is 0 Å². The van der Waals surface area contributed by atoms with E-state index in [1.165, 1.54) is 29.2 Å². The fraction of sp³-hybridized carbons (Fsp3) is 0.250. The van der Waals surface area contributed by atoms with Crippen molar-refractivity contribution in [3.63, 3.8) is 0 Å². The number of ether oxygens (including phenoxy) is 1. The molecule has 2 aromatic heterocycles. The molecule has 0 unspecified atom stereocenters. The monoisotopic (exact) mass is 496 g/mol. The van der Waals surface area contributed by atoms with Crippen LogP contribution in [0.2, 0.25) is 0 Å². The number of nitrogens with one attached hydrogen (secondary N) is 1.